The molecule has 25 heavy (non-hydrogen) atoms. The van der Waals surface area contributed by atoms with Crippen LogP contribution in [0, 0.1) is 5.82 Å². The van der Waals surface area contributed by atoms with Crippen LogP contribution >= 0.6 is 11.6 Å². The Bertz CT molecular complexity index is 987. The van der Waals surface area contributed by atoms with Gasteiger partial charge < -0.3 is 4.98 Å². The van der Waals surface area contributed by atoms with Gasteiger partial charge in [0.1, 0.15) is 5.82 Å². The lowest BCUT2D eigenvalue weighted by Gasteiger charge is -2.06. The topological polar surface area (TPSA) is 115 Å². The summed E-state index contributed by atoms with van der Waals surface area (Å²) in [5.41, 5.74) is 3.53. The molecular formula is C15H12ClFN6O2. The fourth-order valence-corrected chi connectivity index (χ4v) is 2.34. The second-order valence-electron chi connectivity index (χ2n) is 4.99. The Morgan fingerprint density at radius 1 is 1.40 bits per heavy atom. The number of amidine groups is 1. The summed E-state index contributed by atoms with van der Waals surface area (Å²) in [5, 5.41) is 11.9. The fourth-order valence-electron chi connectivity index (χ4n) is 2.16. The summed E-state index contributed by atoms with van der Waals surface area (Å²) >= 11 is 5.74. The first-order valence-corrected chi connectivity index (χ1v) is 7.42. The van der Waals surface area contributed by atoms with Crippen molar-refractivity contribution in [2.45, 2.75) is 6.92 Å². The van der Waals surface area contributed by atoms with Crippen LogP contribution < -0.4 is 10.8 Å². The van der Waals surface area contributed by atoms with Gasteiger partial charge in [0.05, 0.1) is 16.2 Å². The Balaban J connectivity index is 2.08. The third-order valence-corrected chi connectivity index (χ3v) is 3.48. The molecular weight excluding hydrogens is 351 g/mol. The monoisotopic (exact) mass is 362 g/mol. The van der Waals surface area contributed by atoms with Gasteiger partial charge in [0.25, 0.3) is 0 Å². The molecule has 0 radical (unpaired) electrons. The Kier molecular flexibility index (Phi) is 4.59. The van der Waals surface area contributed by atoms with Crippen molar-refractivity contribution in [3.63, 3.8) is 0 Å². The van der Waals surface area contributed by atoms with E-state index in [2.05, 4.69) is 25.3 Å². The molecule has 10 heteroatoms. The molecule has 0 bridgehead atoms. The Morgan fingerprint density at radius 3 is 2.88 bits per heavy atom. The van der Waals surface area contributed by atoms with E-state index in [0.29, 0.717) is 22.4 Å². The van der Waals surface area contributed by atoms with E-state index in [0.717, 1.165) is 0 Å². The molecule has 0 aliphatic heterocycles. The van der Waals surface area contributed by atoms with Crippen molar-refractivity contribution in [2.24, 2.45) is 4.99 Å². The number of hydroxylamine groups is 1. The van der Waals surface area contributed by atoms with Gasteiger partial charge in [-0.05, 0) is 24.3 Å². The summed E-state index contributed by atoms with van der Waals surface area (Å²) in [6, 6.07) is 5.49. The molecule has 1 aromatic carbocycles. The molecule has 2 aromatic heterocycles. The van der Waals surface area contributed by atoms with Crippen LogP contribution in [-0.2, 0) is 4.79 Å². The van der Waals surface area contributed by atoms with E-state index < -0.39 is 5.82 Å². The number of hydrogen-bond acceptors (Lipinski definition) is 5. The maximum absolute atomic E-state index is 13.3. The average Bonchev–Trinajstić information content (AvgIpc) is 2.97. The Hall–Kier alpha value is -3.04. The lowest BCUT2D eigenvalue weighted by Crippen LogP contribution is -2.20. The third kappa shape index (κ3) is 3.57. The minimum atomic E-state index is -0.570. The number of rotatable bonds is 3. The SMILES string of the molecule is CC(=O)Nc1nc2nccc(C(=Nc3ccc(F)c(Cl)c3)NO)c2[nH]1. The van der Waals surface area contributed by atoms with Crippen molar-refractivity contribution in [1.82, 2.24) is 20.4 Å². The molecule has 3 rings (SSSR count). The number of nitrogens with zero attached hydrogens (tertiary/aromatic N) is 3. The molecule has 0 atom stereocenters. The van der Waals surface area contributed by atoms with E-state index in [1.807, 2.05) is 5.48 Å². The summed E-state index contributed by atoms with van der Waals surface area (Å²) in [6.07, 6.45) is 1.47. The molecule has 128 valence electrons. The third-order valence-electron chi connectivity index (χ3n) is 3.19. The number of imidazole rings is 1. The number of fused-ring (bicyclic) bond motifs is 1. The number of hydrogen-bond donors (Lipinski definition) is 4. The maximum Gasteiger partial charge on any atom is 0.223 e. The number of amides is 1. The van der Waals surface area contributed by atoms with Gasteiger partial charge in [0.2, 0.25) is 11.9 Å². The second-order valence-corrected chi connectivity index (χ2v) is 5.40. The van der Waals surface area contributed by atoms with Gasteiger partial charge in [-0.25, -0.2) is 14.4 Å². The molecule has 0 aliphatic carbocycles. The standard InChI is InChI=1S/C15H12ClFN6O2/c1-7(24)19-15-21-12-9(4-5-18-14(12)22-15)13(23-25)20-8-2-3-11(17)10(16)6-8/h2-6,25H,1H3,(H,20,23)(H2,18,19,21,22,24). The van der Waals surface area contributed by atoms with E-state index in [4.69, 9.17) is 11.6 Å². The molecule has 2 heterocycles. The van der Waals surface area contributed by atoms with E-state index >= 15 is 0 Å². The number of H-pyrrole nitrogens is 1. The zero-order chi connectivity index (χ0) is 18.0. The first kappa shape index (κ1) is 16.8. The molecule has 0 unspecified atom stereocenters. The summed E-state index contributed by atoms with van der Waals surface area (Å²) in [6.45, 7) is 1.35. The first-order valence-electron chi connectivity index (χ1n) is 7.04. The molecule has 0 spiro atoms. The minimum absolute atomic E-state index is 0.0631. The van der Waals surface area contributed by atoms with Gasteiger partial charge in [0.15, 0.2) is 11.5 Å². The molecule has 0 fully saturated rings. The molecule has 1 amide bonds. The van der Waals surface area contributed by atoms with Crippen LogP contribution in [0.5, 0.6) is 0 Å². The largest absolute Gasteiger partial charge is 0.322 e. The van der Waals surface area contributed by atoms with Gasteiger partial charge in [-0.2, -0.15) is 4.98 Å². The van der Waals surface area contributed by atoms with Crippen molar-refractivity contribution < 1.29 is 14.4 Å². The highest BCUT2D eigenvalue weighted by atomic mass is 35.5. The van der Waals surface area contributed by atoms with Gasteiger partial charge >= 0.3 is 0 Å². The van der Waals surface area contributed by atoms with Gasteiger partial charge in [-0.15, -0.1) is 0 Å². The molecule has 0 aliphatic rings. The van der Waals surface area contributed by atoms with Crippen LogP contribution in [-0.4, -0.2) is 31.9 Å². The summed E-state index contributed by atoms with van der Waals surface area (Å²) < 4.78 is 13.3. The van der Waals surface area contributed by atoms with Crippen LogP contribution in [0.4, 0.5) is 16.0 Å². The highest BCUT2D eigenvalue weighted by Gasteiger charge is 2.14. The summed E-state index contributed by atoms with van der Waals surface area (Å²) in [4.78, 5) is 26.5. The normalized spacial score (nSPS) is 11.6. The Morgan fingerprint density at radius 2 is 2.20 bits per heavy atom. The first-order chi connectivity index (χ1) is 12.0. The number of halogens is 2. The quantitative estimate of drug-likeness (QED) is 0.325. The van der Waals surface area contributed by atoms with Crippen molar-refractivity contribution in [1.29, 1.82) is 0 Å². The van der Waals surface area contributed by atoms with E-state index in [1.165, 1.54) is 31.3 Å². The molecule has 3 aromatic rings. The predicted octanol–water partition coefficient (Wildman–Crippen LogP) is 2.77. The van der Waals surface area contributed by atoms with Crippen LogP contribution in [0.15, 0.2) is 35.5 Å². The summed E-state index contributed by atoms with van der Waals surface area (Å²) in [5.74, 6) is -0.590. The fraction of sp³-hybridized carbons (Fsp3) is 0.0667. The number of aliphatic imine (C=N–C) groups is 1. The van der Waals surface area contributed by atoms with Crippen molar-refractivity contribution in [2.75, 3.05) is 5.32 Å². The number of pyridine rings is 1. The second kappa shape index (κ2) is 6.83. The molecule has 8 nitrogen and oxygen atoms in total. The average molecular weight is 363 g/mol. The van der Waals surface area contributed by atoms with Crippen LogP contribution in [0.2, 0.25) is 5.02 Å². The van der Waals surface area contributed by atoms with Gasteiger partial charge in [0, 0.05) is 18.7 Å². The highest BCUT2D eigenvalue weighted by Crippen LogP contribution is 2.23. The van der Waals surface area contributed by atoms with Crippen LogP contribution in [0.1, 0.15) is 12.5 Å². The van der Waals surface area contributed by atoms with E-state index in [1.54, 1.807) is 6.07 Å². The smallest absolute Gasteiger partial charge is 0.223 e. The van der Waals surface area contributed by atoms with Crippen LogP contribution in [0.3, 0.4) is 0 Å². The number of aromatic nitrogens is 3. The molecule has 4 N–H and O–H groups in total. The number of anilines is 1. The number of carbonyl (C=O) groups excluding carboxylic acids is 1. The predicted molar refractivity (Wildman–Crippen MR) is 90.7 cm³/mol. The highest BCUT2D eigenvalue weighted by molar-refractivity contribution is 6.31. The number of nitrogens with one attached hydrogen (secondary N) is 3. The zero-order valence-electron chi connectivity index (χ0n) is 12.8. The molecule has 0 saturated heterocycles. The lowest BCUT2D eigenvalue weighted by molar-refractivity contribution is -0.114. The summed E-state index contributed by atoms with van der Waals surface area (Å²) in [7, 11) is 0. The van der Waals surface area contributed by atoms with E-state index in [9.17, 15) is 14.4 Å². The number of aromatic amines is 1. The Labute approximate surface area is 145 Å². The van der Waals surface area contributed by atoms with Crippen molar-refractivity contribution >= 4 is 46.1 Å². The van der Waals surface area contributed by atoms with Crippen molar-refractivity contribution in [3.05, 3.63) is 46.9 Å². The number of benzene rings is 1. The lowest BCUT2D eigenvalue weighted by atomic mass is 10.2. The number of carbonyl (C=O) groups is 1. The zero-order valence-corrected chi connectivity index (χ0v) is 13.6. The van der Waals surface area contributed by atoms with Crippen molar-refractivity contribution in [3.8, 4) is 0 Å². The molecule has 0 saturated carbocycles. The van der Waals surface area contributed by atoms with E-state index in [-0.39, 0.29) is 22.7 Å². The maximum atomic E-state index is 13.3. The van der Waals surface area contributed by atoms with Gasteiger partial charge in [-0.3, -0.25) is 20.8 Å². The van der Waals surface area contributed by atoms with Gasteiger partial charge in [-0.1, -0.05) is 11.6 Å². The minimum Gasteiger partial charge on any atom is -0.322 e. The van der Waals surface area contributed by atoms with Crippen LogP contribution in [0.25, 0.3) is 11.2 Å².